The van der Waals surface area contributed by atoms with E-state index in [9.17, 15) is 0 Å². The third-order valence-corrected chi connectivity index (χ3v) is 4.86. The van der Waals surface area contributed by atoms with Crippen molar-refractivity contribution in [1.29, 1.82) is 0 Å². The molecule has 3 heteroatoms. The fourth-order valence-corrected chi connectivity index (χ4v) is 3.77. The summed E-state index contributed by atoms with van der Waals surface area (Å²) in [5, 5.41) is 3.67. The van der Waals surface area contributed by atoms with Crippen molar-refractivity contribution in [2.24, 2.45) is 17.3 Å². The molecule has 0 amide bonds. The first-order chi connectivity index (χ1) is 9.63. The Morgan fingerprint density at radius 3 is 2.90 bits per heavy atom. The maximum Gasteiger partial charge on any atom is 0.0547 e. The molecule has 20 heavy (non-hydrogen) atoms. The zero-order valence-electron chi connectivity index (χ0n) is 13.8. The molecule has 0 aromatic heterocycles. The van der Waals surface area contributed by atoms with Gasteiger partial charge in [0.15, 0.2) is 0 Å². The monoisotopic (exact) mass is 282 g/mol. The quantitative estimate of drug-likeness (QED) is 0.741. The van der Waals surface area contributed by atoms with E-state index in [1.807, 2.05) is 0 Å². The third-order valence-electron chi connectivity index (χ3n) is 4.86. The summed E-state index contributed by atoms with van der Waals surface area (Å²) in [7, 11) is 0. The minimum atomic E-state index is 0.371. The van der Waals surface area contributed by atoms with Crippen LogP contribution in [0, 0.1) is 17.3 Å². The standard InChI is InChI=1S/C17H34N2O/c1-4-5-16-6-8-19(11-16)13-17(7-9-20-14-17)12-18-10-15(2)3/h15-16,18H,4-14H2,1-3H3. The molecule has 0 aliphatic carbocycles. The van der Waals surface area contributed by atoms with E-state index >= 15 is 0 Å². The highest BCUT2D eigenvalue weighted by atomic mass is 16.5. The van der Waals surface area contributed by atoms with Gasteiger partial charge in [-0.2, -0.15) is 0 Å². The van der Waals surface area contributed by atoms with Gasteiger partial charge in [-0.15, -0.1) is 0 Å². The fraction of sp³-hybridized carbons (Fsp3) is 1.00. The first-order valence-electron chi connectivity index (χ1n) is 8.64. The summed E-state index contributed by atoms with van der Waals surface area (Å²) in [5.41, 5.74) is 0.371. The second-order valence-electron chi connectivity index (χ2n) is 7.51. The third kappa shape index (κ3) is 4.71. The van der Waals surface area contributed by atoms with Crippen molar-refractivity contribution in [3.63, 3.8) is 0 Å². The van der Waals surface area contributed by atoms with Crippen molar-refractivity contribution < 1.29 is 4.74 Å². The van der Waals surface area contributed by atoms with E-state index in [4.69, 9.17) is 4.74 Å². The Bertz CT molecular complexity index is 274. The maximum absolute atomic E-state index is 5.74. The van der Waals surface area contributed by atoms with Crippen LogP contribution >= 0.6 is 0 Å². The number of nitrogens with one attached hydrogen (secondary N) is 1. The summed E-state index contributed by atoms with van der Waals surface area (Å²) in [6.45, 7) is 14.9. The smallest absolute Gasteiger partial charge is 0.0547 e. The molecule has 2 unspecified atom stereocenters. The summed E-state index contributed by atoms with van der Waals surface area (Å²) in [6.07, 6.45) is 5.38. The van der Waals surface area contributed by atoms with Gasteiger partial charge in [-0.3, -0.25) is 0 Å². The summed E-state index contributed by atoms with van der Waals surface area (Å²) in [6, 6.07) is 0. The Balaban J connectivity index is 1.80. The molecular formula is C17H34N2O. The zero-order chi connectivity index (χ0) is 14.4. The van der Waals surface area contributed by atoms with Crippen molar-refractivity contribution in [3.05, 3.63) is 0 Å². The van der Waals surface area contributed by atoms with Gasteiger partial charge in [-0.1, -0.05) is 27.2 Å². The van der Waals surface area contributed by atoms with Crippen LogP contribution in [0.15, 0.2) is 0 Å². The van der Waals surface area contributed by atoms with Crippen LogP contribution in [0.1, 0.15) is 46.5 Å². The average molecular weight is 282 g/mol. The Kier molecular flexibility index (Phi) is 6.31. The molecule has 2 fully saturated rings. The highest BCUT2D eigenvalue weighted by Gasteiger charge is 2.37. The Morgan fingerprint density at radius 2 is 2.25 bits per heavy atom. The highest BCUT2D eigenvalue weighted by molar-refractivity contribution is 4.90. The van der Waals surface area contributed by atoms with E-state index in [0.717, 1.165) is 38.1 Å². The van der Waals surface area contributed by atoms with Crippen LogP contribution in [0.5, 0.6) is 0 Å². The predicted octanol–water partition coefficient (Wildman–Crippen LogP) is 2.76. The number of rotatable bonds is 8. The van der Waals surface area contributed by atoms with E-state index < -0.39 is 0 Å². The summed E-state index contributed by atoms with van der Waals surface area (Å²) < 4.78 is 5.74. The van der Waals surface area contributed by atoms with Gasteiger partial charge in [0.05, 0.1) is 6.61 Å². The molecule has 2 heterocycles. The zero-order valence-corrected chi connectivity index (χ0v) is 13.8. The highest BCUT2D eigenvalue weighted by Crippen LogP contribution is 2.32. The second-order valence-corrected chi connectivity index (χ2v) is 7.51. The molecule has 2 aliphatic rings. The maximum atomic E-state index is 5.74. The molecular weight excluding hydrogens is 248 g/mol. The van der Waals surface area contributed by atoms with E-state index in [1.165, 1.54) is 45.3 Å². The van der Waals surface area contributed by atoms with Crippen molar-refractivity contribution in [3.8, 4) is 0 Å². The summed E-state index contributed by atoms with van der Waals surface area (Å²) in [5.74, 6) is 1.68. The molecule has 0 aromatic carbocycles. The number of hydrogen-bond donors (Lipinski definition) is 1. The van der Waals surface area contributed by atoms with Gasteiger partial charge in [0, 0.05) is 31.7 Å². The molecule has 2 saturated heterocycles. The minimum absolute atomic E-state index is 0.371. The predicted molar refractivity (Wildman–Crippen MR) is 85.0 cm³/mol. The molecule has 2 rings (SSSR count). The van der Waals surface area contributed by atoms with Crippen LogP contribution in [0.2, 0.25) is 0 Å². The van der Waals surface area contributed by atoms with Crippen molar-refractivity contribution in [1.82, 2.24) is 10.2 Å². The lowest BCUT2D eigenvalue weighted by Gasteiger charge is -2.33. The normalized spacial score (nSPS) is 31.5. The van der Waals surface area contributed by atoms with Gasteiger partial charge in [-0.05, 0) is 44.2 Å². The lowest BCUT2D eigenvalue weighted by Crippen LogP contribution is -2.44. The van der Waals surface area contributed by atoms with Crippen molar-refractivity contribution in [2.75, 3.05) is 45.9 Å². The van der Waals surface area contributed by atoms with Gasteiger partial charge in [0.25, 0.3) is 0 Å². The largest absolute Gasteiger partial charge is 0.381 e. The Morgan fingerprint density at radius 1 is 1.40 bits per heavy atom. The first kappa shape index (κ1) is 16.3. The first-order valence-corrected chi connectivity index (χ1v) is 8.64. The van der Waals surface area contributed by atoms with Crippen LogP contribution in [-0.4, -0.2) is 50.8 Å². The SMILES string of the molecule is CCCC1CCN(CC2(CNCC(C)C)CCOC2)C1. The minimum Gasteiger partial charge on any atom is -0.381 e. The molecule has 1 N–H and O–H groups in total. The van der Waals surface area contributed by atoms with Gasteiger partial charge >= 0.3 is 0 Å². The number of likely N-dealkylation sites (tertiary alicyclic amines) is 1. The number of nitrogens with zero attached hydrogens (tertiary/aromatic N) is 1. The summed E-state index contributed by atoms with van der Waals surface area (Å²) >= 11 is 0. The van der Waals surface area contributed by atoms with Crippen LogP contribution < -0.4 is 5.32 Å². The van der Waals surface area contributed by atoms with E-state index in [2.05, 4.69) is 31.0 Å². The molecule has 0 spiro atoms. The molecule has 0 aromatic rings. The van der Waals surface area contributed by atoms with Crippen molar-refractivity contribution >= 4 is 0 Å². The molecule has 0 radical (unpaired) electrons. The number of hydrogen-bond acceptors (Lipinski definition) is 3. The van der Waals surface area contributed by atoms with Gasteiger partial charge < -0.3 is 15.0 Å². The lowest BCUT2D eigenvalue weighted by atomic mass is 9.86. The van der Waals surface area contributed by atoms with E-state index in [0.29, 0.717) is 5.41 Å². The van der Waals surface area contributed by atoms with Gasteiger partial charge in [0.2, 0.25) is 0 Å². The molecule has 3 nitrogen and oxygen atoms in total. The second kappa shape index (κ2) is 7.77. The van der Waals surface area contributed by atoms with E-state index in [-0.39, 0.29) is 0 Å². The fourth-order valence-electron chi connectivity index (χ4n) is 3.77. The Hall–Kier alpha value is -0.120. The number of ether oxygens (including phenoxy) is 1. The summed E-state index contributed by atoms with van der Waals surface area (Å²) in [4.78, 5) is 2.70. The molecule has 118 valence electrons. The molecule has 2 atom stereocenters. The van der Waals surface area contributed by atoms with E-state index in [1.54, 1.807) is 0 Å². The molecule has 0 saturated carbocycles. The average Bonchev–Trinajstić information content (AvgIpc) is 3.00. The lowest BCUT2D eigenvalue weighted by molar-refractivity contribution is 0.116. The Labute approximate surface area is 125 Å². The van der Waals surface area contributed by atoms with Crippen LogP contribution in [0.3, 0.4) is 0 Å². The van der Waals surface area contributed by atoms with Crippen LogP contribution in [0.25, 0.3) is 0 Å². The van der Waals surface area contributed by atoms with Crippen LogP contribution in [-0.2, 0) is 4.74 Å². The molecule has 2 aliphatic heterocycles. The van der Waals surface area contributed by atoms with Gasteiger partial charge in [-0.25, -0.2) is 0 Å². The van der Waals surface area contributed by atoms with Gasteiger partial charge in [0.1, 0.15) is 0 Å². The van der Waals surface area contributed by atoms with Crippen LogP contribution in [0.4, 0.5) is 0 Å². The van der Waals surface area contributed by atoms with Crippen molar-refractivity contribution in [2.45, 2.75) is 46.5 Å². The molecule has 0 bridgehead atoms. The topological polar surface area (TPSA) is 24.5 Å².